The Bertz CT molecular complexity index is 267. The number of ether oxygens (including phenoxy) is 1. The van der Waals surface area contributed by atoms with Crippen LogP contribution in [0.5, 0.6) is 0 Å². The normalized spacial score (nSPS) is 10.9. The molecule has 0 atom stereocenters. The SMILES string of the molecule is COCCCNCCc1nc(C)c(C)s1. The number of nitrogens with zero attached hydrogens (tertiary/aromatic N) is 1. The number of nitrogens with one attached hydrogen (secondary N) is 1. The van der Waals surface area contributed by atoms with Crippen LogP contribution in [-0.2, 0) is 11.2 Å². The van der Waals surface area contributed by atoms with E-state index < -0.39 is 0 Å². The molecular formula is C11H20N2OS. The van der Waals surface area contributed by atoms with Crippen LogP contribution >= 0.6 is 11.3 Å². The van der Waals surface area contributed by atoms with E-state index in [1.165, 1.54) is 15.6 Å². The van der Waals surface area contributed by atoms with Crippen molar-refractivity contribution in [2.24, 2.45) is 0 Å². The number of hydrogen-bond donors (Lipinski definition) is 1. The number of thiazole rings is 1. The first-order valence-electron chi connectivity index (χ1n) is 5.36. The van der Waals surface area contributed by atoms with Gasteiger partial charge in [0.25, 0.3) is 0 Å². The van der Waals surface area contributed by atoms with Crippen molar-refractivity contribution in [3.05, 3.63) is 15.6 Å². The molecule has 1 N–H and O–H groups in total. The molecule has 0 saturated heterocycles. The zero-order chi connectivity index (χ0) is 11.1. The molecule has 0 aliphatic carbocycles. The lowest BCUT2D eigenvalue weighted by molar-refractivity contribution is 0.194. The van der Waals surface area contributed by atoms with Gasteiger partial charge in [0.15, 0.2) is 0 Å². The highest BCUT2D eigenvalue weighted by Crippen LogP contribution is 2.16. The standard InChI is InChI=1S/C11H20N2OS/c1-9-10(2)15-11(13-9)5-7-12-6-4-8-14-3/h12H,4-8H2,1-3H3. The Hall–Kier alpha value is -0.450. The molecule has 1 aromatic rings. The highest BCUT2D eigenvalue weighted by atomic mass is 32.1. The molecule has 0 amide bonds. The van der Waals surface area contributed by atoms with Crippen LogP contribution in [0.25, 0.3) is 0 Å². The molecule has 15 heavy (non-hydrogen) atoms. The maximum absolute atomic E-state index is 4.98. The molecule has 3 nitrogen and oxygen atoms in total. The fourth-order valence-corrected chi connectivity index (χ4v) is 2.24. The Balaban J connectivity index is 2.10. The van der Waals surface area contributed by atoms with Gasteiger partial charge in [-0.15, -0.1) is 11.3 Å². The average Bonchev–Trinajstić information content (AvgIpc) is 2.52. The molecule has 0 spiro atoms. The van der Waals surface area contributed by atoms with Gasteiger partial charge in [-0.2, -0.15) is 0 Å². The van der Waals surface area contributed by atoms with Gasteiger partial charge in [0.2, 0.25) is 0 Å². The van der Waals surface area contributed by atoms with Gasteiger partial charge in [0.1, 0.15) is 0 Å². The predicted molar refractivity (Wildman–Crippen MR) is 64.7 cm³/mol. The predicted octanol–water partition coefficient (Wildman–Crippen LogP) is 1.93. The summed E-state index contributed by atoms with van der Waals surface area (Å²) in [6.45, 7) is 7.07. The van der Waals surface area contributed by atoms with E-state index in [4.69, 9.17) is 4.74 Å². The van der Waals surface area contributed by atoms with Crippen LogP contribution < -0.4 is 5.32 Å². The lowest BCUT2D eigenvalue weighted by Gasteiger charge is -2.02. The summed E-state index contributed by atoms with van der Waals surface area (Å²) in [5.74, 6) is 0. The minimum atomic E-state index is 0.836. The van der Waals surface area contributed by atoms with Crippen molar-refractivity contribution in [2.45, 2.75) is 26.7 Å². The number of hydrogen-bond acceptors (Lipinski definition) is 4. The molecule has 1 heterocycles. The largest absolute Gasteiger partial charge is 0.385 e. The summed E-state index contributed by atoms with van der Waals surface area (Å²) in [4.78, 5) is 5.84. The van der Waals surface area contributed by atoms with Gasteiger partial charge in [0, 0.05) is 31.6 Å². The first kappa shape index (κ1) is 12.6. The molecule has 0 unspecified atom stereocenters. The van der Waals surface area contributed by atoms with Crippen LogP contribution in [0, 0.1) is 13.8 Å². The quantitative estimate of drug-likeness (QED) is 0.724. The highest BCUT2D eigenvalue weighted by molar-refractivity contribution is 7.11. The zero-order valence-electron chi connectivity index (χ0n) is 9.80. The first-order valence-corrected chi connectivity index (χ1v) is 6.18. The Morgan fingerprint density at radius 2 is 2.13 bits per heavy atom. The Morgan fingerprint density at radius 1 is 1.33 bits per heavy atom. The summed E-state index contributed by atoms with van der Waals surface area (Å²) in [6, 6.07) is 0. The molecule has 0 aromatic carbocycles. The molecule has 0 fully saturated rings. The van der Waals surface area contributed by atoms with Crippen LogP contribution in [0.1, 0.15) is 22.0 Å². The van der Waals surface area contributed by atoms with Crippen LogP contribution in [0.4, 0.5) is 0 Å². The van der Waals surface area contributed by atoms with Crippen LogP contribution in [0.15, 0.2) is 0 Å². The number of rotatable bonds is 7. The Morgan fingerprint density at radius 3 is 2.73 bits per heavy atom. The minimum Gasteiger partial charge on any atom is -0.385 e. The van der Waals surface area contributed by atoms with Crippen molar-refractivity contribution < 1.29 is 4.74 Å². The van der Waals surface area contributed by atoms with Crippen molar-refractivity contribution in [3.63, 3.8) is 0 Å². The molecule has 4 heteroatoms. The van der Waals surface area contributed by atoms with E-state index in [9.17, 15) is 0 Å². The van der Waals surface area contributed by atoms with Crippen molar-refractivity contribution in [1.29, 1.82) is 0 Å². The van der Waals surface area contributed by atoms with Gasteiger partial charge in [0.05, 0.1) is 10.7 Å². The second-order valence-electron chi connectivity index (χ2n) is 3.60. The van der Waals surface area contributed by atoms with Crippen molar-refractivity contribution in [1.82, 2.24) is 10.3 Å². The van der Waals surface area contributed by atoms with Gasteiger partial charge < -0.3 is 10.1 Å². The minimum absolute atomic E-state index is 0.836. The lowest BCUT2D eigenvalue weighted by Crippen LogP contribution is -2.19. The summed E-state index contributed by atoms with van der Waals surface area (Å²) in [6.07, 6.45) is 2.11. The zero-order valence-corrected chi connectivity index (χ0v) is 10.6. The third-order valence-corrected chi connectivity index (χ3v) is 3.42. The van der Waals surface area contributed by atoms with Crippen LogP contribution in [0.3, 0.4) is 0 Å². The summed E-state index contributed by atoms with van der Waals surface area (Å²) >= 11 is 1.81. The second kappa shape index (κ2) is 6.93. The number of aryl methyl sites for hydroxylation is 2. The van der Waals surface area contributed by atoms with E-state index in [1.54, 1.807) is 18.4 Å². The summed E-state index contributed by atoms with van der Waals surface area (Å²) in [7, 11) is 1.74. The maximum atomic E-state index is 4.98. The molecule has 0 radical (unpaired) electrons. The van der Waals surface area contributed by atoms with E-state index >= 15 is 0 Å². The molecule has 1 aromatic heterocycles. The summed E-state index contributed by atoms with van der Waals surface area (Å²) in [5, 5.41) is 4.62. The smallest absolute Gasteiger partial charge is 0.0943 e. The van der Waals surface area contributed by atoms with E-state index in [0.717, 1.165) is 32.5 Å². The maximum Gasteiger partial charge on any atom is 0.0943 e. The lowest BCUT2D eigenvalue weighted by atomic mass is 10.4. The van der Waals surface area contributed by atoms with E-state index in [1.807, 2.05) is 0 Å². The van der Waals surface area contributed by atoms with Gasteiger partial charge in [-0.1, -0.05) is 0 Å². The summed E-state index contributed by atoms with van der Waals surface area (Å²) < 4.78 is 4.98. The van der Waals surface area contributed by atoms with Gasteiger partial charge in [-0.3, -0.25) is 0 Å². The van der Waals surface area contributed by atoms with E-state index in [2.05, 4.69) is 24.1 Å². The second-order valence-corrected chi connectivity index (χ2v) is 4.88. The molecule has 86 valence electrons. The van der Waals surface area contributed by atoms with Crippen LogP contribution in [-0.4, -0.2) is 31.8 Å². The molecule has 0 aliphatic heterocycles. The number of methoxy groups -OCH3 is 1. The molecular weight excluding hydrogens is 208 g/mol. The van der Waals surface area contributed by atoms with Gasteiger partial charge in [-0.05, 0) is 26.8 Å². The van der Waals surface area contributed by atoms with E-state index in [-0.39, 0.29) is 0 Å². The monoisotopic (exact) mass is 228 g/mol. The fraction of sp³-hybridized carbons (Fsp3) is 0.727. The Labute approximate surface area is 95.9 Å². The third-order valence-electron chi connectivity index (χ3n) is 2.29. The fourth-order valence-electron chi connectivity index (χ4n) is 1.31. The van der Waals surface area contributed by atoms with E-state index in [0.29, 0.717) is 0 Å². The third kappa shape index (κ3) is 4.73. The molecule has 0 saturated carbocycles. The molecule has 0 bridgehead atoms. The first-order chi connectivity index (χ1) is 7.24. The van der Waals surface area contributed by atoms with Gasteiger partial charge in [-0.25, -0.2) is 4.98 Å². The number of aromatic nitrogens is 1. The molecule has 0 aliphatic rings. The topological polar surface area (TPSA) is 34.1 Å². The van der Waals surface area contributed by atoms with Crippen molar-refractivity contribution in [3.8, 4) is 0 Å². The van der Waals surface area contributed by atoms with Crippen molar-refractivity contribution in [2.75, 3.05) is 26.8 Å². The Kier molecular flexibility index (Phi) is 5.83. The van der Waals surface area contributed by atoms with Crippen molar-refractivity contribution >= 4 is 11.3 Å². The average molecular weight is 228 g/mol. The molecule has 1 rings (SSSR count). The summed E-state index contributed by atoms with van der Waals surface area (Å²) in [5.41, 5.74) is 1.18. The van der Waals surface area contributed by atoms with Crippen LogP contribution in [0.2, 0.25) is 0 Å². The van der Waals surface area contributed by atoms with Gasteiger partial charge >= 0.3 is 0 Å². The highest BCUT2D eigenvalue weighted by Gasteiger charge is 2.02.